The third-order valence-electron chi connectivity index (χ3n) is 4.02. The summed E-state index contributed by atoms with van der Waals surface area (Å²) in [6, 6.07) is 14.0. The van der Waals surface area contributed by atoms with Gasteiger partial charge >= 0.3 is 0 Å². The van der Waals surface area contributed by atoms with Gasteiger partial charge in [-0.1, -0.05) is 29.8 Å². The molecule has 112 valence electrons. The predicted molar refractivity (Wildman–Crippen MR) is 89.3 cm³/mol. The van der Waals surface area contributed by atoms with Crippen molar-refractivity contribution in [2.45, 2.75) is 19.8 Å². The van der Waals surface area contributed by atoms with Crippen molar-refractivity contribution in [2.24, 2.45) is 0 Å². The number of rotatable bonds is 1. The second-order valence-corrected chi connectivity index (χ2v) is 5.78. The van der Waals surface area contributed by atoms with Gasteiger partial charge in [0.25, 0.3) is 0 Å². The normalized spacial score (nSPS) is 15.3. The van der Waals surface area contributed by atoms with E-state index in [2.05, 4.69) is 22.4 Å². The number of nitriles is 2. The van der Waals surface area contributed by atoms with Gasteiger partial charge < -0.3 is 5.32 Å². The van der Waals surface area contributed by atoms with E-state index in [4.69, 9.17) is 11.6 Å². The number of nitrogens with one attached hydrogen (secondary N) is 1. The molecule has 0 saturated carbocycles. The average Bonchev–Trinajstić information content (AvgIpc) is 2.53. The molecular formula is C18H13ClN4. The molecule has 1 N–H and O–H groups in total. The van der Waals surface area contributed by atoms with Crippen molar-refractivity contribution in [3.63, 3.8) is 0 Å². The van der Waals surface area contributed by atoms with Crippen LogP contribution < -0.4 is 5.32 Å². The molecule has 0 fully saturated rings. The Morgan fingerprint density at radius 1 is 1.09 bits per heavy atom. The Morgan fingerprint density at radius 3 is 2.30 bits per heavy atom. The van der Waals surface area contributed by atoms with Crippen molar-refractivity contribution in [1.82, 2.24) is 10.3 Å². The first-order valence-electron chi connectivity index (χ1n) is 7.10. The van der Waals surface area contributed by atoms with Crippen molar-refractivity contribution in [2.75, 3.05) is 0 Å². The molecule has 1 aliphatic rings. The Balaban J connectivity index is 2.30. The standard InChI is InChI=1S/C18H13ClN4/c1-10-14(8-20)17(15(9-21)11(2)22-10)13-7-12-5-3-4-6-16(12)23-18(13)19/h3-7,17,22H,1-2H3. The topological polar surface area (TPSA) is 72.5 Å². The molecule has 0 amide bonds. The fraction of sp³-hybridized carbons (Fsp3) is 0.167. The largest absolute Gasteiger partial charge is 0.361 e. The second-order valence-electron chi connectivity index (χ2n) is 5.42. The number of allylic oxidation sites excluding steroid dienone is 4. The maximum atomic E-state index is 9.55. The molecule has 1 aromatic carbocycles. The van der Waals surface area contributed by atoms with Crippen molar-refractivity contribution in [3.05, 3.63) is 63.6 Å². The van der Waals surface area contributed by atoms with Crippen LogP contribution in [0.1, 0.15) is 25.3 Å². The van der Waals surface area contributed by atoms with E-state index >= 15 is 0 Å². The number of halogens is 1. The van der Waals surface area contributed by atoms with Crippen LogP contribution in [-0.2, 0) is 0 Å². The number of pyridine rings is 1. The third kappa shape index (κ3) is 2.44. The minimum absolute atomic E-state index is 0.316. The fourth-order valence-corrected chi connectivity index (χ4v) is 3.17. The van der Waals surface area contributed by atoms with Crippen LogP contribution in [0.25, 0.3) is 10.9 Å². The molecule has 0 radical (unpaired) electrons. The summed E-state index contributed by atoms with van der Waals surface area (Å²) in [6.07, 6.45) is 0. The quantitative estimate of drug-likeness (QED) is 0.800. The molecule has 3 rings (SSSR count). The van der Waals surface area contributed by atoms with Crippen LogP contribution in [-0.4, -0.2) is 4.98 Å². The Morgan fingerprint density at radius 2 is 1.70 bits per heavy atom. The van der Waals surface area contributed by atoms with Crippen molar-refractivity contribution < 1.29 is 0 Å². The van der Waals surface area contributed by atoms with Gasteiger partial charge in [-0.25, -0.2) is 4.98 Å². The SMILES string of the molecule is CC1=C(C#N)C(c2cc3ccccc3nc2Cl)C(C#N)=C(C)N1. The molecule has 0 unspecified atom stereocenters. The molecule has 0 bridgehead atoms. The van der Waals surface area contributed by atoms with Gasteiger partial charge in [0.2, 0.25) is 0 Å². The Kier molecular flexibility index (Phi) is 3.78. The Bertz CT molecular complexity index is 921. The summed E-state index contributed by atoms with van der Waals surface area (Å²) in [7, 11) is 0. The van der Waals surface area contributed by atoms with Crippen LogP contribution in [0, 0.1) is 22.7 Å². The molecule has 0 spiro atoms. The highest BCUT2D eigenvalue weighted by atomic mass is 35.5. The lowest BCUT2D eigenvalue weighted by Crippen LogP contribution is -2.23. The number of dihydropyridines is 1. The first kappa shape index (κ1) is 15.1. The predicted octanol–water partition coefficient (Wildman–Crippen LogP) is 4.17. The molecule has 4 nitrogen and oxygen atoms in total. The molecule has 0 atom stereocenters. The number of fused-ring (bicyclic) bond motifs is 1. The average molecular weight is 321 g/mol. The van der Waals surface area contributed by atoms with E-state index in [1.54, 1.807) is 0 Å². The van der Waals surface area contributed by atoms with Crippen LogP contribution in [0.2, 0.25) is 5.15 Å². The molecule has 1 aromatic heterocycles. The Labute approximate surface area is 139 Å². The summed E-state index contributed by atoms with van der Waals surface area (Å²) in [5, 5.41) is 23.4. The van der Waals surface area contributed by atoms with E-state index in [0.29, 0.717) is 21.9 Å². The van der Waals surface area contributed by atoms with E-state index < -0.39 is 5.92 Å². The zero-order valence-electron chi connectivity index (χ0n) is 12.7. The molecule has 0 aliphatic carbocycles. The Hall–Kier alpha value is -2.82. The van der Waals surface area contributed by atoms with Crippen LogP contribution >= 0.6 is 11.6 Å². The van der Waals surface area contributed by atoms with E-state index in [1.807, 2.05) is 44.2 Å². The highest BCUT2D eigenvalue weighted by molar-refractivity contribution is 6.30. The smallest absolute Gasteiger partial charge is 0.133 e. The lowest BCUT2D eigenvalue weighted by molar-refractivity contribution is 0.812. The van der Waals surface area contributed by atoms with Gasteiger partial charge in [0.15, 0.2) is 0 Å². The second kappa shape index (κ2) is 5.76. The van der Waals surface area contributed by atoms with Crippen LogP contribution in [0.4, 0.5) is 0 Å². The van der Waals surface area contributed by atoms with Crippen molar-refractivity contribution in [3.8, 4) is 12.1 Å². The number of nitrogens with zero attached hydrogens (tertiary/aromatic N) is 3. The molecule has 23 heavy (non-hydrogen) atoms. The van der Waals surface area contributed by atoms with Crippen LogP contribution in [0.5, 0.6) is 0 Å². The van der Waals surface area contributed by atoms with Gasteiger partial charge in [-0.15, -0.1) is 0 Å². The number of hydrogen-bond acceptors (Lipinski definition) is 4. The number of para-hydroxylation sites is 1. The zero-order chi connectivity index (χ0) is 16.6. The van der Waals surface area contributed by atoms with Gasteiger partial charge in [-0.2, -0.15) is 10.5 Å². The summed E-state index contributed by atoms with van der Waals surface area (Å²) < 4.78 is 0. The lowest BCUT2D eigenvalue weighted by Gasteiger charge is -2.26. The summed E-state index contributed by atoms with van der Waals surface area (Å²) >= 11 is 6.38. The summed E-state index contributed by atoms with van der Waals surface area (Å²) in [6.45, 7) is 3.65. The minimum Gasteiger partial charge on any atom is -0.361 e. The van der Waals surface area contributed by atoms with Gasteiger partial charge in [-0.3, -0.25) is 0 Å². The van der Waals surface area contributed by atoms with Crippen LogP contribution in [0.3, 0.4) is 0 Å². The zero-order valence-corrected chi connectivity index (χ0v) is 13.4. The molecule has 2 heterocycles. The van der Waals surface area contributed by atoms with Gasteiger partial charge in [-0.05, 0) is 26.0 Å². The van der Waals surface area contributed by atoms with E-state index in [9.17, 15) is 10.5 Å². The number of aromatic nitrogens is 1. The molecule has 2 aromatic rings. The molecule has 0 saturated heterocycles. The van der Waals surface area contributed by atoms with Crippen molar-refractivity contribution in [1.29, 1.82) is 10.5 Å². The highest BCUT2D eigenvalue weighted by Gasteiger charge is 2.31. The van der Waals surface area contributed by atoms with Gasteiger partial charge in [0, 0.05) is 22.3 Å². The van der Waals surface area contributed by atoms with Crippen molar-refractivity contribution >= 4 is 22.5 Å². The first-order chi connectivity index (χ1) is 11.1. The summed E-state index contributed by atoms with van der Waals surface area (Å²) in [4.78, 5) is 4.42. The number of hydrogen-bond donors (Lipinski definition) is 1. The maximum Gasteiger partial charge on any atom is 0.133 e. The van der Waals surface area contributed by atoms with Gasteiger partial charge in [0.1, 0.15) is 5.15 Å². The van der Waals surface area contributed by atoms with E-state index in [-0.39, 0.29) is 0 Å². The molecular weight excluding hydrogens is 308 g/mol. The third-order valence-corrected chi connectivity index (χ3v) is 4.32. The fourth-order valence-electron chi connectivity index (χ4n) is 2.91. The maximum absolute atomic E-state index is 9.55. The minimum atomic E-state index is -0.490. The van der Waals surface area contributed by atoms with E-state index in [1.165, 1.54) is 0 Å². The van der Waals surface area contributed by atoms with E-state index in [0.717, 1.165) is 22.3 Å². The monoisotopic (exact) mass is 320 g/mol. The van der Waals surface area contributed by atoms with Gasteiger partial charge in [0.05, 0.1) is 34.7 Å². The highest BCUT2D eigenvalue weighted by Crippen LogP contribution is 2.40. The lowest BCUT2D eigenvalue weighted by atomic mass is 9.82. The molecule has 5 heteroatoms. The first-order valence-corrected chi connectivity index (χ1v) is 7.48. The number of benzene rings is 1. The van der Waals surface area contributed by atoms with Crippen LogP contribution in [0.15, 0.2) is 52.9 Å². The summed E-state index contributed by atoms with van der Waals surface area (Å²) in [5.41, 5.74) is 3.92. The summed E-state index contributed by atoms with van der Waals surface area (Å²) in [5.74, 6) is -0.490. The molecule has 1 aliphatic heterocycles.